The summed E-state index contributed by atoms with van der Waals surface area (Å²) in [5.41, 5.74) is 0.382. The average molecular weight is 268 g/mol. The van der Waals surface area contributed by atoms with Crippen molar-refractivity contribution < 1.29 is 28.8 Å². The van der Waals surface area contributed by atoms with Crippen LogP contribution in [0.25, 0.3) is 6.08 Å². The van der Waals surface area contributed by atoms with Gasteiger partial charge in [-0.05, 0) is 12.2 Å². The Morgan fingerprint density at radius 3 is 1.79 bits per heavy atom. The van der Waals surface area contributed by atoms with Crippen molar-refractivity contribution in [3.63, 3.8) is 0 Å². The molecule has 0 radical (unpaired) electrons. The van der Waals surface area contributed by atoms with E-state index in [1.165, 1.54) is 40.6 Å². The van der Waals surface area contributed by atoms with Gasteiger partial charge in [0.25, 0.3) is 0 Å². The molecular weight excluding hydrogens is 252 g/mol. The fourth-order valence-corrected chi connectivity index (χ4v) is 1.74. The van der Waals surface area contributed by atoms with Gasteiger partial charge in [0, 0.05) is 0 Å². The van der Waals surface area contributed by atoms with Gasteiger partial charge in [-0.3, -0.25) is 4.79 Å². The van der Waals surface area contributed by atoms with E-state index in [-0.39, 0.29) is 23.0 Å². The summed E-state index contributed by atoms with van der Waals surface area (Å²) in [5.74, 6) is 0.515. The first kappa shape index (κ1) is 14.7. The monoisotopic (exact) mass is 268 g/mol. The minimum atomic E-state index is -0.229. The number of carbonyl (C=O) groups is 1. The standard InChI is InChI=1S/C13H16O6/c1-16-10-8(6-5-7-14)11(17-2)13(19-4)12(18-3)9(10)15/h5-7,15H,1-4H3. The van der Waals surface area contributed by atoms with Crippen molar-refractivity contribution in [1.29, 1.82) is 0 Å². The molecule has 0 fully saturated rings. The lowest BCUT2D eigenvalue weighted by atomic mass is 10.1. The molecule has 6 nitrogen and oxygen atoms in total. The van der Waals surface area contributed by atoms with Crippen LogP contribution in [0.5, 0.6) is 28.7 Å². The van der Waals surface area contributed by atoms with Crippen LogP contribution in [0.4, 0.5) is 0 Å². The molecule has 0 heterocycles. The van der Waals surface area contributed by atoms with E-state index in [1.54, 1.807) is 0 Å². The quantitative estimate of drug-likeness (QED) is 0.624. The van der Waals surface area contributed by atoms with Gasteiger partial charge in [0.05, 0.1) is 34.0 Å². The molecule has 0 unspecified atom stereocenters. The molecule has 104 valence electrons. The summed E-state index contributed by atoms with van der Waals surface area (Å²) in [7, 11) is 5.63. The Balaban J connectivity index is 3.72. The highest BCUT2D eigenvalue weighted by Crippen LogP contribution is 2.53. The molecule has 0 spiro atoms. The van der Waals surface area contributed by atoms with Crippen LogP contribution in [0.15, 0.2) is 6.08 Å². The van der Waals surface area contributed by atoms with Crippen LogP contribution in [0.3, 0.4) is 0 Å². The highest BCUT2D eigenvalue weighted by molar-refractivity contribution is 5.82. The molecule has 19 heavy (non-hydrogen) atoms. The molecule has 0 aromatic heterocycles. The fourth-order valence-electron chi connectivity index (χ4n) is 1.74. The molecule has 6 heteroatoms. The Bertz CT molecular complexity index is 493. The molecule has 1 N–H and O–H groups in total. The summed E-state index contributed by atoms with van der Waals surface area (Å²) in [5, 5.41) is 10.1. The average Bonchev–Trinajstić information content (AvgIpc) is 2.43. The fraction of sp³-hybridized carbons (Fsp3) is 0.308. The molecule has 1 aromatic rings. The zero-order valence-electron chi connectivity index (χ0n) is 11.2. The predicted molar refractivity (Wildman–Crippen MR) is 69.4 cm³/mol. The first-order valence-electron chi connectivity index (χ1n) is 5.36. The Labute approximate surface area is 111 Å². The van der Waals surface area contributed by atoms with Crippen molar-refractivity contribution in [1.82, 2.24) is 0 Å². The van der Waals surface area contributed by atoms with Gasteiger partial charge in [-0.15, -0.1) is 0 Å². The van der Waals surface area contributed by atoms with Crippen LogP contribution in [0.1, 0.15) is 5.56 Å². The molecule has 0 atom stereocenters. The van der Waals surface area contributed by atoms with Crippen molar-refractivity contribution in [3.8, 4) is 28.7 Å². The van der Waals surface area contributed by atoms with Crippen LogP contribution in [0.2, 0.25) is 0 Å². The highest BCUT2D eigenvalue weighted by Gasteiger charge is 2.25. The lowest BCUT2D eigenvalue weighted by Gasteiger charge is -2.18. The van der Waals surface area contributed by atoms with E-state index < -0.39 is 0 Å². The lowest BCUT2D eigenvalue weighted by Crippen LogP contribution is -2.00. The zero-order valence-corrected chi connectivity index (χ0v) is 11.2. The van der Waals surface area contributed by atoms with Gasteiger partial charge in [0.15, 0.2) is 11.5 Å². The Morgan fingerprint density at radius 2 is 1.37 bits per heavy atom. The normalized spacial score (nSPS) is 10.3. The lowest BCUT2D eigenvalue weighted by molar-refractivity contribution is -0.104. The van der Waals surface area contributed by atoms with E-state index in [0.29, 0.717) is 17.6 Å². The van der Waals surface area contributed by atoms with Crippen LogP contribution < -0.4 is 18.9 Å². The summed E-state index contributed by atoms with van der Waals surface area (Å²) < 4.78 is 20.6. The van der Waals surface area contributed by atoms with E-state index in [9.17, 15) is 9.90 Å². The van der Waals surface area contributed by atoms with Gasteiger partial charge >= 0.3 is 0 Å². The van der Waals surface area contributed by atoms with E-state index >= 15 is 0 Å². The number of ether oxygens (including phenoxy) is 4. The van der Waals surface area contributed by atoms with Crippen molar-refractivity contribution in [3.05, 3.63) is 11.6 Å². The predicted octanol–water partition coefficient (Wildman–Crippen LogP) is 1.64. The second kappa shape index (κ2) is 6.53. The molecule has 0 aliphatic rings. The summed E-state index contributed by atoms with van der Waals surface area (Å²) in [4.78, 5) is 10.5. The summed E-state index contributed by atoms with van der Waals surface area (Å²) in [6.07, 6.45) is 3.31. The molecule has 0 saturated heterocycles. The molecule has 0 amide bonds. The molecule has 1 aromatic carbocycles. The third-order valence-corrected chi connectivity index (χ3v) is 2.49. The first-order valence-corrected chi connectivity index (χ1v) is 5.36. The van der Waals surface area contributed by atoms with Gasteiger partial charge in [-0.25, -0.2) is 0 Å². The van der Waals surface area contributed by atoms with Gasteiger partial charge < -0.3 is 24.1 Å². The number of hydrogen-bond donors (Lipinski definition) is 1. The second-order valence-electron chi connectivity index (χ2n) is 3.39. The van der Waals surface area contributed by atoms with Crippen molar-refractivity contribution in [2.45, 2.75) is 0 Å². The van der Waals surface area contributed by atoms with Crippen molar-refractivity contribution in [2.24, 2.45) is 0 Å². The van der Waals surface area contributed by atoms with Crippen molar-refractivity contribution >= 4 is 12.4 Å². The number of rotatable bonds is 6. The minimum absolute atomic E-state index is 0.0967. The van der Waals surface area contributed by atoms with E-state index in [2.05, 4.69) is 0 Å². The Morgan fingerprint density at radius 1 is 0.842 bits per heavy atom. The third kappa shape index (κ3) is 2.57. The van der Waals surface area contributed by atoms with Crippen molar-refractivity contribution in [2.75, 3.05) is 28.4 Å². The number of aromatic hydroxyl groups is 1. The third-order valence-electron chi connectivity index (χ3n) is 2.49. The highest BCUT2D eigenvalue weighted by atomic mass is 16.5. The maximum Gasteiger partial charge on any atom is 0.211 e. The second-order valence-corrected chi connectivity index (χ2v) is 3.39. The van der Waals surface area contributed by atoms with E-state index in [0.717, 1.165) is 0 Å². The van der Waals surface area contributed by atoms with Crippen LogP contribution in [-0.4, -0.2) is 39.8 Å². The van der Waals surface area contributed by atoms with E-state index in [1.807, 2.05) is 0 Å². The number of carbonyl (C=O) groups excluding carboxylic acids is 1. The maximum absolute atomic E-state index is 10.5. The zero-order chi connectivity index (χ0) is 14.4. The molecule has 0 bridgehead atoms. The number of phenolic OH excluding ortho intramolecular Hbond substituents is 1. The van der Waals surface area contributed by atoms with Gasteiger partial charge in [0.1, 0.15) is 6.29 Å². The Kier molecular flexibility index (Phi) is 5.05. The molecule has 0 aliphatic carbocycles. The molecule has 0 aliphatic heterocycles. The van der Waals surface area contributed by atoms with Crippen LogP contribution in [-0.2, 0) is 4.79 Å². The smallest absolute Gasteiger partial charge is 0.211 e. The van der Waals surface area contributed by atoms with Crippen LogP contribution in [0, 0.1) is 0 Å². The first-order chi connectivity index (χ1) is 9.15. The largest absolute Gasteiger partial charge is 0.502 e. The number of hydrogen-bond acceptors (Lipinski definition) is 6. The molecule has 0 saturated carbocycles. The van der Waals surface area contributed by atoms with Gasteiger partial charge in [-0.1, -0.05) is 0 Å². The van der Waals surface area contributed by atoms with Gasteiger partial charge in [0.2, 0.25) is 17.2 Å². The summed E-state index contributed by atoms with van der Waals surface area (Å²) in [6, 6.07) is 0. The maximum atomic E-state index is 10.5. The summed E-state index contributed by atoms with van der Waals surface area (Å²) in [6.45, 7) is 0. The topological polar surface area (TPSA) is 74.2 Å². The summed E-state index contributed by atoms with van der Waals surface area (Å²) >= 11 is 0. The van der Waals surface area contributed by atoms with Crippen LogP contribution >= 0.6 is 0 Å². The Hall–Kier alpha value is -2.37. The SMILES string of the molecule is COc1c(O)c(OC)c(OC)c(OC)c1C=CC=O. The molecular formula is C13H16O6. The molecule has 1 rings (SSSR count). The number of methoxy groups -OCH3 is 4. The number of allylic oxidation sites excluding steroid dienone is 1. The number of aldehydes is 1. The van der Waals surface area contributed by atoms with Gasteiger partial charge in [-0.2, -0.15) is 0 Å². The van der Waals surface area contributed by atoms with E-state index in [4.69, 9.17) is 18.9 Å². The minimum Gasteiger partial charge on any atom is -0.502 e. The number of benzene rings is 1. The number of phenols is 1.